The molecule has 3 nitrogen and oxygen atoms in total. The highest BCUT2D eigenvalue weighted by Gasteiger charge is 2.26. The Kier molecular flexibility index (Phi) is 12.5. The third-order valence-corrected chi connectivity index (χ3v) is 14.0. The van der Waals surface area contributed by atoms with Crippen molar-refractivity contribution in [3.8, 4) is 55.6 Å². The van der Waals surface area contributed by atoms with Crippen molar-refractivity contribution in [2.45, 2.75) is 0 Å². The Hall–Kier alpha value is -9.83. The van der Waals surface area contributed by atoms with Gasteiger partial charge in [0.1, 0.15) is 0 Å². The Morgan fingerprint density at radius 1 is 0.297 bits per heavy atom. The summed E-state index contributed by atoms with van der Waals surface area (Å²) in [6, 6.07) is 103. The molecule has 12 rings (SSSR count). The molecule has 2 N–H and O–H groups in total. The smallest absolute Gasteiger partial charge is 0.0711 e. The maximum Gasteiger partial charge on any atom is 0.0711 e. The predicted octanol–water partition coefficient (Wildman–Crippen LogP) is 18.5. The van der Waals surface area contributed by atoms with E-state index in [-0.39, 0.29) is 0 Å². The Morgan fingerprint density at radius 2 is 0.635 bits per heavy atom. The first kappa shape index (κ1) is 45.3. The highest BCUT2D eigenvalue weighted by atomic mass is 15.1. The summed E-state index contributed by atoms with van der Waals surface area (Å²) >= 11 is 0. The van der Waals surface area contributed by atoms with E-state index in [2.05, 4.69) is 253 Å². The van der Waals surface area contributed by atoms with Gasteiger partial charge >= 0.3 is 0 Å². The zero-order valence-corrected chi connectivity index (χ0v) is 40.7. The molecule has 0 saturated heterocycles. The third-order valence-electron chi connectivity index (χ3n) is 14.0. The molecule has 0 spiro atoms. The van der Waals surface area contributed by atoms with Gasteiger partial charge in [-0.25, -0.2) is 0 Å². The molecule has 1 aliphatic rings. The molecule has 0 amide bonds. The molecule has 0 aliphatic carbocycles. The monoisotopic (exact) mass is 945 g/mol. The molecule has 0 saturated carbocycles. The van der Waals surface area contributed by atoms with Crippen LogP contribution in [0.25, 0.3) is 78.7 Å². The van der Waals surface area contributed by atoms with Crippen molar-refractivity contribution in [1.29, 1.82) is 5.41 Å². The first-order chi connectivity index (χ1) is 36.6. The standard InChI is InChI=1S/C71H51N3/c72-70(61-25-14-5-15-26-61)69(60-23-12-4-13-24-60)71-68-62(49-67(73-71)59-21-10-3-11-22-59)27-16-28-66(68)58-35-33-54(34-36-58)52-29-31-53(32-30-52)57-41-47-65(48-42-57)74(63-43-37-55(38-44-63)50-17-6-1-7-18-50)64-45-39-56(40-46-64)51-19-8-2-9-20-51/h1-49,72-73H/b71-69-,72-70?. The molecule has 3 heteroatoms. The zero-order valence-electron chi connectivity index (χ0n) is 40.7. The minimum absolute atomic E-state index is 0.459. The molecule has 1 heterocycles. The SMILES string of the molecule is N=C(/C(=C1\NC(c2ccccc2)=Cc2cccc(-c3ccc(-c4ccc(-c5ccc(N(c6ccc(-c7ccccc7)cc6)c6ccc(-c7ccccc7)cc6)cc5)cc4)cc3)c21)c1ccccc1)c1ccccc1. The van der Waals surface area contributed by atoms with E-state index < -0.39 is 0 Å². The van der Waals surface area contributed by atoms with Gasteiger partial charge in [-0.3, -0.25) is 5.41 Å². The summed E-state index contributed by atoms with van der Waals surface area (Å²) in [4.78, 5) is 2.33. The normalized spacial score (nSPS) is 12.5. The number of hydrogen-bond donors (Lipinski definition) is 2. The van der Waals surface area contributed by atoms with Gasteiger partial charge in [0.15, 0.2) is 0 Å². The lowest BCUT2D eigenvalue weighted by Crippen LogP contribution is -2.21. The number of hydrogen-bond acceptors (Lipinski definition) is 3. The average molecular weight is 946 g/mol. The number of nitrogens with zero attached hydrogens (tertiary/aromatic N) is 1. The lowest BCUT2D eigenvalue weighted by atomic mass is 9.84. The first-order valence-electron chi connectivity index (χ1n) is 25.2. The molecule has 0 bridgehead atoms. The molecular formula is C71H51N3. The van der Waals surface area contributed by atoms with E-state index in [1.807, 2.05) is 54.6 Å². The molecule has 0 atom stereocenters. The fourth-order valence-electron chi connectivity index (χ4n) is 10.1. The Labute approximate surface area is 433 Å². The van der Waals surface area contributed by atoms with Crippen molar-refractivity contribution in [3.63, 3.8) is 0 Å². The highest BCUT2D eigenvalue weighted by Crippen LogP contribution is 2.43. The van der Waals surface area contributed by atoms with Crippen molar-refractivity contribution in [2.24, 2.45) is 0 Å². The Morgan fingerprint density at radius 3 is 1.05 bits per heavy atom. The number of fused-ring (bicyclic) bond motifs is 1. The van der Waals surface area contributed by atoms with Crippen molar-refractivity contribution in [2.75, 3.05) is 4.90 Å². The summed E-state index contributed by atoms with van der Waals surface area (Å²) in [5.74, 6) is 0. The van der Waals surface area contributed by atoms with E-state index in [4.69, 9.17) is 0 Å². The lowest BCUT2D eigenvalue weighted by molar-refractivity contribution is 1.22. The van der Waals surface area contributed by atoms with Crippen LogP contribution in [-0.4, -0.2) is 5.71 Å². The summed E-state index contributed by atoms with van der Waals surface area (Å²) in [5.41, 5.74) is 23.1. The molecular weight excluding hydrogens is 895 g/mol. The van der Waals surface area contributed by atoms with E-state index >= 15 is 0 Å². The number of anilines is 3. The summed E-state index contributed by atoms with van der Waals surface area (Å²) in [5, 5.41) is 13.6. The van der Waals surface area contributed by atoms with Gasteiger partial charge in [-0.15, -0.1) is 0 Å². The predicted molar refractivity (Wildman–Crippen MR) is 312 cm³/mol. The number of benzene rings is 11. The summed E-state index contributed by atoms with van der Waals surface area (Å²) in [7, 11) is 0. The van der Waals surface area contributed by atoms with Crippen LogP contribution >= 0.6 is 0 Å². The van der Waals surface area contributed by atoms with Crippen LogP contribution in [0.15, 0.2) is 291 Å². The number of allylic oxidation sites excluding steroid dienone is 1. The van der Waals surface area contributed by atoms with Gasteiger partial charge < -0.3 is 10.2 Å². The van der Waals surface area contributed by atoms with Gasteiger partial charge in [0, 0.05) is 39.5 Å². The first-order valence-corrected chi connectivity index (χ1v) is 25.2. The van der Waals surface area contributed by atoms with Crippen LogP contribution in [0.2, 0.25) is 0 Å². The van der Waals surface area contributed by atoms with Crippen LogP contribution in [-0.2, 0) is 0 Å². The quantitative estimate of drug-likeness (QED) is 0.120. The van der Waals surface area contributed by atoms with Crippen molar-refractivity contribution in [3.05, 3.63) is 319 Å². The van der Waals surface area contributed by atoms with E-state index in [0.29, 0.717) is 5.71 Å². The molecule has 350 valence electrons. The van der Waals surface area contributed by atoms with E-state index in [9.17, 15) is 5.41 Å². The number of nitrogens with one attached hydrogen (secondary N) is 2. The third kappa shape index (κ3) is 9.30. The minimum atomic E-state index is 0.459. The molecule has 11 aromatic rings. The average Bonchev–Trinajstić information content (AvgIpc) is 3.49. The lowest BCUT2D eigenvalue weighted by Gasteiger charge is -2.28. The van der Waals surface area contributed by atoms with Gasteiger partial charge in [0.25, 0.3) is 0 Å². The molecule has 1 aliphatic heterocycles. The topological polar surface area (TPSA) is 39.1 Å². The van der Waals surface area contributed by atoms with E-state index in [1.165, 1.54) is 22.3 Å². The van der Waals surface area contributed by atoms with Crippen LogP contribution in [0.5, 0.6) is 0 Å². The molecule has 74 heavy (non-hydrogen) atoms. The maximum absolute atomic E-state index is 9.77. The summed E-state index contributed by atoms with van der Waals surface area (Å²) < 4.78 is 0. The second-order valence-corrected chi connectivity index (χ2v) is 18.5. The summed E-state index contributed by atoms with van der Waals surface area (Å²) in [6.07, 6.45) is 2.24. The van der Waals surface area contributed by atoms with Crippen LogP contribution in [0, 0.1) is 5.41 Å². The van der Waals surface area contributed by atoms with Crippen molar-refractivity contribution >= 4 is 45.8 Å². The van der Waals surface area contributed by atoms with Crippen LogP contribution < -0.4 is 10.2 Å². The van der Waals surface area contributed by atoms with Crippen molar-refractivity contribution in [1.82, 2.24) is 5.32 Å². The molecule has 11 aromatic carbocycles. The van der Waals surface area contributed by atoms with Crippen LogP contribution in [0.4, 0.5) is 17.1 Å². The number of rotatable bonds is 12. The molecule has 0 radical (unpaired) electrons. The second-order valence-electron chi connectivity index (χ2n) is 18.5. The van der Waals surface area contributed by atoms with Gasteiger partial charge in [-0.1, -0.05) is 255 Å². The Bertz CT molecular complexity index is 3690. The summed E-state index contributed by atoms with van der Waals surface area (Å²) in [6.45, 7) is 0. The fourth-order valence-corrected chi connectivity index (χ4v) is 10.1. The van der Waals surface area contributed by atoms with Gasteiger partial charge in [0.05, 0.1) is 11.4 Å². The second kappa shape index (κ2) is 20.5. The largest absolute Gasteiger partial charge is 0.354 e. The van der Waals surface area contributed by atoms with Gasteiger partial charge in [-0.2, -0.15) is 0 Å². The van der Waals surface area contributed by atoms with Gasteiger partial charge in [0.2, 0.25) is 0 Å². The minimum Gasteiger partial charge on any atom is -0.354 e. The van der Waals surface area contributed by atoms with Crippen LogP contribution in [0.1, 0.15) is 27.8 Å². The Balaban J connectivity index is 0.848. The van der Waals surface area contributed by atoms with Gasteiger partial charge in [-0.05, 0) is 115 Å². The molecule has 0 unspecified atom stereocenters. The highest BCUT2D eigenvalue weighted by molar-refractivity contribution is 6.36. The van der Waals surface area contributed by atoms with Crippen molar-refractivity contribution < 1.29 is 0 Å². The maximum atomic E-state index is 9.77. The molecule has 0 fully saturated rings. The van der Waals surface area contributed by atoms with E-state index in [0.717, 1.165) is 95.2 Å². The fraction of sp³-hybridized carbons (Fsp3) is 0. The zero-order chi connectivity index (χ0) is 49.6. The van der Waals surface area contributed by atoms with E-state index in [1.54, 1.807) is 0 Å². The molecule has 0 aromatic heterocycles. The van der Waals surface area contributed by atoms with Crippen LogP contribution in [0.3, 0.4) is 0 Å².